The van der Waals surface area contributed by atoms with E-state index in [0.29, 0.717) is 12.2 Å². The van der Waals surface area contributed by atoms with E-state index in [2.05, 4.69) is 5.32 Å². The molecule has 2 N–H and O–H groups in total. The Hall–Kier alpha value is -1.88. The van der Waals surface area contributed by atoms with Gasteiger partial charge >= 0.3 is 0 Å². The number of hydrogen-bond acceptors (Lipinski definition) is 4. The predicted octanol–water partition coefficient (Wildman–Crippen LogP) is 2.28. The Labute approximate surface area is 124 Å². The maximum Gasteiger partial charge on any atom is 0.251 e. The fraction of sp³-hybridized carbons (Fsp3) is 0.500. The first kappa shape index (κ1) is 15.5. The molecule has 5 nitrogen and oxygen atoms in total. The first-order valence-corrected chi connectivity index (χ1v) is 7.07. The van der Waals surface area contributed by atoms with Crippen molar-refractivity contribution < 1.29 is 19.4 Å². The maximum absolute atomic E-state index is 12.2. The zero-order valence-corrected chi connectivity index (χ0v) is 12.6. The van der Waals surface area contributed by atoms with E-state index in [0.717, 1.165) is 12.8 Å². The number of Topliss-reactive ketones (excluding diaryl/α,β-unsaturated/α-hetero) is 1. The van der Waals surface area contributed by atoms with Gasteiger partial charge in [-0.25, -0.2) is 0 Å². The summed E-state index contributed by atoms with van der Waals surface area (Å²) < 4.78 is 5.62. The molecular formula is C16H21NO4. The third-order valence-corrected chi connectivity index (χ3v) is 3.67. The summed E-state index contributed by atoms with van der Waals surface area (Å²) in [5.41, 5.74) is 0.331. The Bertz CT molecular complexity index is 565. The fourth-order valence-corrected chi connectivity index (χ4v) is 2.59. The molecule has 0 aromatic heterocycles. The Morgan fingerprint density at radius 1 is 1.38 bits per heavy atom. The zero-order valence-electron chi connectivity index (χ0n) is 12.6. The van der Waals surface area contributed by atoms with Crippen molar-refractivity contribution in [3.63, 3.8) is 0 Å². The fourth-order valence-electron chi connectivity index (χ4n) is 2.59. The van der Waals surface area contributed by atoms with E-state index in [-0.39, 0.29) is 34.6 Å². The number of phenolic OH excluding ortho intramolecular Hbond substituents is 1. The summed E-state index contributed by atoms with van der Waals surface area (Å²) >= 11 is 0. The number of carbonyl (C=O) groups is 2. The predicted molar refractivity (Wildman–Crippen MR) is 78.6 cm³/mol. The van der Waals surface area contributed by atoms with Gasteiger partial charge in [-0.05, 0) is 51.8 Å². The number of ether oxygens (including phenoxy) is 1. The van der Waals surface area contributed by atoms with Crippen molar-refractivity contribution in [2.24, 2.45) is 0 Å². The highest BCUT2D eigenvalue weighted by molar-refractivity contribution is 6.00. The first-order chi connectivity index (χ1) is 9.78. The molecule has 2 rings (SSSR count). The quantitative estimate of drug-likeness (QED) is 0.838. The second-order valence-electron chi connectivity index (χ2n) is 6.06. The van der Waals surface area contributed by atoms with Gasteiger partial charge in [-0.2, -0.15) is 0 Å². The van der Waals surface area contributed by atoms with E-state index in [1.54, 1.807) is 6.07 Å². The lowest BCUT2D eigenvalue weighted by Gasteiger charge is -2.35. The molecule has 1 fully saturated rings. The SMILES string of the molecule is CC(=O)c1ccc(C(=O)N[C@@H]2CCOC(C)(C)C2)cc1O. The summed E-state index contributed by atoms with van der Waals surface area (Å²) in [6.07, 6.45) is 1.52. The van der Waals surface area contributed by atoms with Crippen molar-refractivity contribution in [2.45, 2.75) is 45.3 Å². The number of hydrogen-bond donors (Lipinski definition) is 2. The monoisotopic (exact) mass is 291 g/mol. The number of carbonyl (C=O) groups excluding carboxylic acids is 2. The molecule has 1 aliphatic rings. The maximum atomic E-state index is 12.2. The summed E-state index contributed by atoms with van der Waals surface area (Å²) in [6, 6.07) is 4.41. The third kappa shape index (κ3) is 3.82. The number of phenols is 1. The van der Waals surface area contributed by atoms with Crippen LogP contribution in [0.25, 0.3) is 0 Å². The first-order valence-electron chi connectivity index (χ1n) is 7.07. The molecule has 114 valence electrons. The third-order valence-electron chi connectivity index (χ3n) is 3.67. The van der Waals surface area contributed by atoms with E-state index < -0.39 is 0 Å². The molecule has 1 aromatic rings. The normalized spacial score (nSPS) is 20.8. The van der Waals surface area contributed by atoms with Gasteiger partial charge in [0.1, 0.15) is 5.75 Å². The molecular weight excluding hydrogens is 270 g/mol. The van der Waals surface area contributed by atoms with Crippen LogP contribution in [0.1, 0.15) is 54.3 Å². The highest BCUT2D eigenvalue weighted by Gasteiger charge is 2.29. The Balaban J connectivity index is 2.07. The van der Waals surface area contributed by atoms with Gasteiger partial charge in [0.2, 0.25) is 0 Å². The summed E-state index contributed by atoms with van der Waals surface area (Å²) in [4.78, 5) is 23.5. The summed E-state index contributed by atoms with van der Waals surface area (Å²) in [5.74, 6) is -0.642. The van der Waals surface area contributed by atoms with Gasteiger partial charge in [-0.15, -0.1) is 0 Å². The average molecular weight is 291 g/mol. The minimum atomic E-state index is -0.247. The lowest BCUT2D eigenvalue weighted by atomic mass is 9.93. The molecule has 1 aliphatic heterocycles. The molecule has 0 aliphatic carbocycles. The number of amides is 1. The lowest BCUT2D eigenvalue weighted by Crippen LogP contribution is -2.45. The summed E-state index contributed by atoms with van der Waals surface area (Å²) in [5, 5.41) is 12.7. The van der Waals surface area contributed by atoms with Crippen LogP contribution in [0.3, 0.4) is 0 Å². The standard InChI is InChI=1S/C16H21NO4/c1-10(18)13-5-4-11(8-14(13)19)15(20)17-12-6-7-21-16(2,3)9-12/h4-5,8,12,19H,6-7,9H2,1-3H3,(H,17,20)/t12-/m1/s1. The smallest absolute Gasteiger partial charge is 0.251 e. The lowest BCUT2D eigenvalue weighted by molar-refractivity contribution is -0.0615. The molecule has 1 saturated heterocycles. The molecule has 0 radical (unpaired) electrons. The van der Waals surface area contributed by atoms with Crippen molar-refractivity contribution in [1.29, 1.82) is 0 Å². The number of benzene rings is 1. The van der Waals surface area contributed by atoms with Crippen molar-refractivity contribution in [3.8, 4) is 5.75 Å². The second-order valence-corrected chi connectivity index (χ2v) is 6.06. The molecule has 21 heavy (non-hydrogen) atoms. The van der Waals surface area contributed by atoms with E-state index in [1.807, 2.05) is 13.8 Å². The highest BCUT2D eigenvalue weighted by Crippen LogP contribution is 2.24. The van der Waals surface area contributed by atoms with Crippen LogP contribution >= 0.6 is 0 Å². The van der Waals surface area contributed by atoms with Gasteiger partial charge in [0.15, 0.2) is 5.78 Å². The van der Waals surface area contributed by atoms with Crippen LogP contribution in [-0.4, -0.2) is 35.0 Å². The van der Waals surface area contributed by atoms with Gasteiger partial charge < -0.3 is 15.2 Å². The van der Waals surface area contributed by atoms with Gasteiger partial charge in [0, 0.05) is 18.2 Å². The minimum absolute atomic E-state index is 0.0517. The Morgan fingerprint density at radius 2 is 2.10 bits per heavy atom. The van der Waals surface area contributed by atoms with Gasteiger partial charge in [0.05, 0.1) is 11.2 Å². The van der Waals surface area contributed by atoms with Crippen LogP contribution in [0.5, 0.6) is 5.75 Å². The van der Waals surface area contributed by atoms with Crippen molar-refractivity contribution in [1.82, 2.24) is 5.32 Å². The zero-order chi connectivity index (χ0) is 15.6. The molecule has 1 heterocycles. The Kier molecular flexibility index (Phi) is 4.32. The number of ketones is 1. The van der Waals surface area contributed by atoms with Gasteiger partial charge in [-0.3, -0.25) is 9.59 Å². The number of aromatic hydroxyl groups is 1. The van der Waals surface area contributed by atoms with Crippen LogP contribution in [0, 0.1) is 0 Å². The van der Waals surface area contributed by atoms with Gasteiger partial charge in [0.25, 0.3) is 5.91 Å². The van der Waals surface area contributed by atoms with Crippen LogP contribution in [0.4, 0.5) is 0 Å². The molecule has 0 spiro atoms. The van der Waals surface area contributed by atoms with Crippen LogP contribution in [0.15, 0.2) is 18.2 Å². The molecule has 0 bridgehead atoms. The van der Waals surface area contributed by atoms with Crippen molar-refractivity contribution in [3.05, 3.63) is 29.3 Å². The van der Waals surface area contributed by atoms with E-state index >= 15 is 0 Å². The van der Waals surface area contributed by atoms with Gasteiger partial charge in [-0.1, -0.05) is 0 Å². The number of rotatable bonds is 3. The minimum Gasteiger partial charge on any atom is -0.507 e. The van der Waals surface area contributed by atoms with Crippen molar-refractivity contribution in [2.75, 3.05) is 6.61 Å². The van der Waals surface area contributed by atoms with Crippen LogP contribution < -0.4 is 5.32 Å². The van der Waals surface area contributed by atoms with Crippen LogP contribution in [0.2, 0.25) is 0 Å². The molecule has 0 unspecified atom stereocenters. The Morgan fingerprint density at radius 3 is 2.67 bits per heavy atom. The van der Waals surface area contributed by atoms with E-state index in [9.17, 15) is 14.7 Å². The topological polar surface area (TPSA) is 75.6 Å². The van der Waals surface area contributed by atoms with E-state index in [4.69, 9.17) is 4.74 Å². The second kappa shape index (κ2) is 5.85. The largest absolute Gasteiger partial charge is 0.507 e. The molecule has 1 atom stereocenters. The van der Waals surface area contributed by atoms with Crippen LogP contribution in [-0.2, 0) is 4.74 Å². The summed E-state index contributed by atoms with van der Waals surface area (Å²) in [7, 11) is 0. The van der Waals surface area contributed by atoms with Crippen molar-refractivity contribution >= 4 is 11.7 Å². The summed E-state index contributed by atoms with van der Waals surface area (Å²) in [6.45, 7) is 5.99. The molecule has 0 saturated carbocycles. The molecule has 1 amide bonds. The highest BCUT2D eigenvalue weighted by atomic mass is 16.5. The average Bonchev–Trinajstić information content (AvgIpc) is 2.36. The van der Waals surface area contributed by atoms with E-state index in [1.165, 1.54) is 19.1 Å². The number of nitrogens with one attached hydrogen (secondary N) is 1. The molecule has 1 aromatic carbocycles. The molecule has 5 heteroatoms.